The Hall–Kier alpha value is -3.30. The van der Waals surface area contributed by atoms with Crippen LogP contribution in [0.4, 0.5) is 0 Å². The first kappa shape index (κ1) is 20.3. The highest BCUT2D eigenvalue weighted by atomic mass is 32.1. The fourth-order valence-electron chi connectivity index (χ4n) is 4.18. The highest BCUT2D eigenvalue weighted by Crippen LogP contribution is 2.40. The summed E-state index contributed by atoms with van der Waals surface area (Å²) in [4.78, 5) is 23.2. The highest BCUT2D eigenvalue weighted by Gasteiger charge is 2.31. The number of nitrogens with zero attached hydrogens (tertiary/aromatic N) is 6. The van der Waals surface area contributed by atoms with Crippen molar-refractivity contribution in [2.45, 2.75) is 25.3 Å². The molecule has 1 saturated carbocycles. The summed E-state index contributed by atoms with van der Waals surface area (Å²) < 4.78 is 7.25. The van der Waals surface area contributed by atoms with Crippen LogP contribution in [0, 0.1) is 0 Å². The fraction of sp³-hybridized carbons (Fsp3) is 0.333. The van der Waals surface area contributed by atoms with Crippen LogP contribution >= 0.6 is 11.3 Å². The first-order valence-electron chi connectivity index (χ1n) is 11.3. The summed E-state index contributed by atoms with van der Waals surface area (Å²) in [5.74, 6) is 1.77. The van der Waals surface area contributed by atoms with Crippen molar-refractivity contribution in [2.75, 3.05) is 26.2 Å². The van der Waals surface area contributed by atoms with E-state index in [-0.39, 0.29) is 5.91 Å². The zero-order chi connectivity index (χ0) is 22.2. The monoisotopic (exact) mass is 460 g/mol. The highest BCUT2D eigenvalue weighted by molar-refractivity contribution is 7.13. The van der Waals surface area contributed by atoms with Gasteiger partial charge >= 0.3 is 0 Å². The van der Waals surface area contributed by atoms with Crippen LogP contribution in [0.25, 0.3) is 16.4 Å². The molecule has 0 atom stereocenters. The number of amides is 1. The molecule has 9 heteroatoms. The molecular weight excluding hydrogens is 436 g/mol. The number of thiophene rings is 1. The van der Waals surface area contributed by atoms with Crippen LogP contribution in [0.2, 0.25) is 0 Å². The molecule has 2 fully saturated rings. The van der Waals surface area contributed by atoms with Gasteiger partial charge in [0.25, 0.3) is 5.91 Å². The van der Waals surface area contributed by atoms with Gasteiger partial charge in [-0.2, -0.15) is 10.1 Å². The molecule has 8 nitrogen and oxygen atoms in total. The average molecular weight is 461 g/mol. The molecule has 4 heterocycles. The number of aromatic nitrogens is 4. The van der Waals surface area contributed by atoms with Crippen molar-refractivity contribution in [3.8, 4) is 16.4 Å². The Morgan fingerprint density at radius 2 is 1.88 bits per heavy atom. The molecule has 1 amide bonds. The van der Waals surface area contributed by atoms with Crippen LogP contribution in [-0.4, -0.2) is 61.8 Å². The molecule has 0 radical (unpaired) electrons. The zero-order valence-corrected chi connectivity index (χ0v) is 18.9. The molecule has 1 aliphatic heterocycles. The van der Waals surface area contributed by atoms with Crippen molar-refractivity contribution in [3.63, 3.8) is 0 Å². The number of carbonyl (C=O) groups is 1. The predicted molar refractivity (Wildman–Crippen MR) is 124 cm³/mol. The van der Waals surface area contributed by atoms with Crippen LogP contribution < -0.4 is 0 Å². The molecular formula is C24H24N6O2S. The maximum Gasteiger partial charge on any atom is 0.272 e. The summed E-state index contributed by atoms with van der Waals surface area (Å²) in [6, 6.07) is 15.9. The minimum Gasteiger partial charge on any atom is -0.338 e. The fourth-order valence-corrected chi connectivity index (χ4v) is 4.83. The second-order valence-corrected chi connectivity index (χ2v) is 9.48. The average Bonchev–Trinajstić information content (AvgIpc) is 3.23. The van der Waals surface area contributed by atoms with Gasteiger partial charge in [-0.25, -0.2) is 4.68 Å². The van der Waals surface area contributed by atoms with Gasteiger partial charge in [0.2, 0.25) is 11.7 Å². The molecule has 2 aliphatic rings. The minimum atomic E-state index is 0.0377. The predicted octanol–water partition coefficient (Wildman–Crippen LogP) is 3.82. The van der Waals surface area contributed by atoms with Gasteiger partial charge in [-0.3, -0.25) is 9.69 Å². The van der Waals surface area contributed by atoms with E-state index in [1.165, 1.54) is 0 Å². The van der Waals surface area contributed by atoms with Crippen molar-refractivity contribution in [2.24, 2.45) is 0 Å². The van der Waals surface area contributed by atoms with Crippen LogP contribution in [0.1, 0.15) is 40.8 Å². The lowest BCUT2D eigenvalue weighted by molar-refractivity contribution is 0.0606. The quantitative estimate of drug-likeness (QED) is 0.435. The Kier molecular flexibility index (Phi) is 5.27. The Bertz CT molecular complexity index is 1240. The van der Waals surface area contributed by atoms with Crippen molar-refractivity contribution < 1.29 is 9.32 Å². The molecule has 1 aliphatic carbocycles. The Balaban J connectivity index is 1.13. The standard InChI is InChI=1S/C24H24N6O2S/c31-24(20-15-19(17-8-9-17)26-30(20)18-5-2-1-3-6-18)29-12-10-28(11-13-29)16-22-25-23(27-32-22)21-7-4-14-33-21/h1-7,14-15,17H,8-13,16H2. The van der Waals surface area contributed by atoms with Gasteiger partial charge < -0.3 is 9.42 Å². The van der Waals surface area contributed by atoms with E-state index >= 15 is 0 Å². The number of piperazine rings is 1. The van der Waals surface area contributed by atoms with E-state index in [2.05, 4.69) is 15.0 Å². The number of hydrogen-bond acceptors (Lipinski definition) is 7. The second-order valence-electron chi connectivity index (χ2n) is 8.53. The lowest BCUT2D eigenvalue weighted by atomic mass is 10.2. The molecule has 6 rings (SSSR count). The van der Waals surface area contributed by atoms with Gasteiger partial charge in [0, 0.05) is 32.1 Å². The molecule has 0 bridgehead atoms. The van der Waals surface area contributed by atoms with Crippen molar-refractivity contribution in [3.05, 3.63) is 71.2 Å². The number of para-hydroxylation sites is 1. The molecule has 0 unspecified atom stereocenters. The first-order valence-corrected chi connectivity index (χ1v) is 12.2. The van der Waals surface area contributed by atoms with Crippen LogP contribution in [-0.2, 0) is 6.54 Å². The maximum absolute atomic E-state index is 13.5. The number of carbonyl (C=O) groups excluding carboxylic acids is 1. The summed E-state index contributed by atoms with van der Waals surface area (Å²) in [6.07, 6.45) is 2.31. The normalized spacial score (nSPS) is 16.9. The van der Waals surface area contributed by atoms with Gasteiger partial charge in [0.1, 0.15) is 5.69 Å². The first-order chi connectivity index (χ1) is 16.2. The third-order valence-electron chi connectivity index (χ3n) is 6.17. The number of benzene rings is 1. The van der Waals surface area contributed by atoms with E-state index in [1.807, 2.05) is 63.5 Å². The molecule has 4 aromatic rings. The third kappa shape index (κ3) is 4.21. The summed E-state index contributed by atoms with van der Waals surface area (Å²) in [5.41, 5.74) is 2.59. The third-order valence-corrected chi connectivity index (χ3v) is 7.04. The molecule has 1 saturated heterocycles. The smallest absolute Gasteiger partial charge is 0.272 e. The van der Waals surface area contributed by atoms with Gasteiger partial charge in [-0.05, 0) is 42.5 Å². The van der Waals surface area contributed by atoms with E-state index in [9.17, 15) is 4.79 Å². The van der Waals surface area contributed by atoms with E-state index in [0.29, 0.717) is 43.0 Å². The SMILES string of the molecule is O=C(c1cc(C2CC2)nn1-c1ccccc1)N1CCN(Cc2nc(-c3cccs3)no2)CC1. The molecule has 3 aromatic heterocycles. The zero-order valence-electron chi connectivity index (χ0n) is 18.1. The van der Waals surface area contributed by atoms with E-state index < -0.39 is 0 Å². The largest absolute Gasteiger partial charge is 0.338 e. The van der Waals surface area contributed by atoms with Gasteiger partial charge in [-0.1, -0.05) is 29.4 Å². The minimum absolute atomic E-state index is 0.0377. The van der Waals surface area contributed by atoms with Crippen molar-refractivity contribution in [1.82, 2.24) is 29.7 Å². The Morgan fingerprint density at radius 1 is 1.06 bits per heavy atom. The number of rotatable bonds is 6. The van der Waals surface area contributed by atoms with Gasteiger partial charge in [0.05, 0.1) is 22.8 Å². The maximum atomic E-state index is 13.5. The summed E-state index contributed by atoms with van der Waals surface area (Å²) in [5, 5.41) is 10.9. The lowest BCUT2D eigenvalue weighted by Crippen LogP contribution is -2.48. The van der Waals surface area contributed by atoms with Crippen LogP contribution in [0.5, 0.6) is 0 Å². The molecule has 0 spiro atoms. The topological polar surface area (TPSA) is 80.3 Å². The summed E-state index contributed by atoms with van der Waals surface area (Å²) in [6.45, 7) is 3.43. The van der Waals surface area contributed by atoms with E-state index in [1.54, 1.807) is 11.3 Å². The molecule has 0 N–H and O–H groups in total. The van der Waals surface area contributed by atoms with Gasteiger partial charge in [0.15, 0.2) is 0 Å². The van der Waals surface area contributed by atoms with E-state index in [0.717, 1.165) is 42.2 Å². The Morgan fingerprint density at radius 3 is 2.61 bits per heavy atom. The van der Waals surface area contributed by atoms with E-state index in [4.69, 9.17) is 9.62 Å². The number of hydrogen-bond donors (Lipinski definition) is 0. The van der Waals surface area contributed by atoms with Crippen molar-refractivity contribution in [1.29, 1.82) is 0 Å². The van der Waals surface area contributed by atoms with Crippen molar-refractivity contribution >= 4 is 17.2 Å². The summed E-state index contributed by atoms with van der Waals surface area (Å²) in [7, 11) is 0. The Labute approximate surface area is 195 Å². The van der Waals surface area contributed by atoms with Crippen LogP contribution in [0.15, 0.2) is 58.4 Å². The second kappa shape index (κ2) is 8.57. The van der Waals surface area contributed by atoms with Crippen LogP contribution in [0.3, 0.4) is 0 Å². The summed E-state index contributed by atoms with van der Waals surface area (Å²) >= 11 is 1.59. The van der Waals surface area contributed by atoms with Gasteiger partial charge in [-0.15, -0.1) is 11.3 Å². The molecule has 33 heavy (non-hydrogen) atoms. The molecule has 1 aromatic carbocycles. The molecule has 168 valence electrons. The lowest BCUT2D eigenvalue weighted by Gasteiger charge is -2.33.